The predicted octanol–water partition coefficient (Wildman–Crippen LogP) is -0.425. The molecule has 2 rings (SSSR count). The Bertz CT molecular complexity index is 162. The molecule has 2 bridgehead atoms. The molecule has 2 aliphatic rings. The smallest absolute Gasteiger partial charge is 0.0954 e. The average molecular weight is 157 g/mol. The number of nitrogens with zero attached hydrogens (tertiary/aromatic N) is 1. The van der Waals surface area contributed by atoms with Crippen LogP contribution in [0, 0.1) is 0 Å². The molecule has 4 unspecified atom stereocenters. The van der Waals surface area contributed by atoms with Gasteiger partial charge in [-0.25, -0.2) is 0 Å². The Kier molecular flexibility index (Phi) is 1.67. The molecule has 2 aliphatic heterocycles. The van der Waals surface area contributed by atoms with Gasteiger partial charge in [0, 0.05) is 12.1 Å². The van der Waals surface area contributed by atoms with Crippen molar-refractivity contribution in [2.24, 2.45) is 0 Å². The number of hydrogen-bond acceptors (Lipinski definition) is 3. The maximum Gasteiger partial charge on any atom is 0.0954 e. The molecule has 0 saturated carbocycles. The van der Waals surface area contributed by atoms with Crippen molar-refractivity contribution in [3.8, 4) is 0 Å². The molecule has 11 heavy (non-hydrogen) atoms. The predicted molar refractivity (Wildman–Crippen MR) is 41.2 cm³/mol. The topological polar surface area (TPSA) is 43.7 Å². The van der Waals surface area contributed by atoms with Crippen LogP contribution in [0.4, 0.5) is 0 Å². The van der Waals surface area contributed by atoms with Crippen molar-refractivity contribution in [3.05, 3.63) is 0 Å². The SMILES string of the molecule is CN1C2CCC1C(O)C(O)C2. The van der Waals surface area contributed by atoms with Crippen LogP contribution in [0.5, 0.6) is 0 Å². The largest absolute Gasteiger partial charge is 0.390 e. The first-order valence-electron chi connectivity index (χ1n) is 4.28. The number of hydrogen-bond donors (Lipinski definition) is 2. The number of aliphatic hydroxyl groups is 2. The fraction of sp³-hybridized carbons (Fsp3) is 1.00. The maximum absolute atomic E-state index is 9.54. The van der Waals surface area contributed by atoms with Gasteiger partial charge in [0.25, 0.3) is 0 Å². The van der Waals surface area contributed by atoms with Crippen LogP contribution in [0.2, 0.25) is 0 Å². The molecule has 0 aromatic rings. The van der Waals surface area contributed by atoms with Crippen molar-refractivity contribution in [3.63, 3.8) is 0 Å². The Morgan fingerprint density at radius 2 is 2.00 bits per heavy atom. The second-order valence-electron chi connectivity index (χ2n) is 3.76. The molecule has 0 aromatic heterocycles. The van der Waals surface area contributed by atoms with Crippen LogP contribution in [0.3, 0.4) is 0 Å². The molecule has 0 spiro atoms. The minimum Gasteiger partial charge on any atom is -0.390 e. The van der Waals surface area contributed by atoms with Crippen LogP contribution in [0.1, 0.15) is 19.3 Å². The molecule has 64 valence electrons. The summed E-state index contributed by atoms with van der Waals surface area (Å²) >= 11 is 0. The molecule has 0 radical (unpaired) electrons. The molecule has 2 fully saturated rings. The van der Waals surface area contributed by atoms with E-state index in [1.54, 1.807) is 0 Å². The molecule has 0 aromatic carbocycles. The standard InChI is InChI=1S/C8H15NO2/c1-9-5-2-3-6(9)8(11)7(10)4-5/h5-8,10-11H,2-4H2,1H3. The van der Waals surface area contributed by atoms with Gasteiger partial charge in [-0.3, -0.25) is 4.90 Å². The van der Waals surface area contributed by atoms with Crippen molar-refractivity contribution in [2.75, 3.05) is 7.05 Å². The van der Waals surface area contributed by atoms with Gasteiger partial charge in [0.2, 0.25) is 0 Å². The van der Waals surface area contributed by atoms with E-state index >= 15 is 0 Å². The summed E-state index contributed by atoms with van der Waals surface area (Å²) in [6.45, 7) is 0. The van der Waals surface area contributed by atoms with Gasteiger partial charge in [-0.2, -0.15) is 0 Å². The Hall–Kier alpha value is -0.120. The molecule has 3 heteroatoms. The molecule has 2 saturated heterocycles. The quantitative estimate of drug-likeness (QED) is 0.501. The van der Waals surface area contributed by atoms with Crippen molar-refractivity contribution < 1.29 is 10.2 Å². The normalized spacial score (nSPS) is 51.5. The molecular weight excluding hydrogens is 142 g/mol. The first kappa shape index (κ1) is 7.53. The minimum atomic E-state index is -0.515. The first-order chi connectivity index (χ1) is 5.20. The first-order valence-corrected chi connectivity index (χ1v) is 4.28. The van der Waals surface area contributed by atoms with Crippen LogP contribution < -0.4 is 0 Å². The van der Waals surface area contributed by atoms with Crippen molar-refractivity contribution in [2.45, 2.75) is 43.6 Å². The monoisotopic (exact) mass is 157 g/mol. The van der Waals surface area contributed by atoms with Crippen molar-refractivity contribution >= 4 is 0 Å². The molecule has 3 nitrogen and oxygen atoms in total. The highest BCUT2D eigenvalue weighted by Gasteiger charge is 2.43. The van der Waals surface area contributed by atoms with Gasteiger partial charge >= 0.3 is 0 Å². The molecule has 0 aliphatic carbocycles. The van der Waals surface area contributed by atoms with Gasteiger partial charge in [0.1, 0.15) is 0 Å². The summed E-state index contributed by atoms with van der Waals surface area (Å²) < 4.78 is 0. The summed E-state index contributed by atoms with van der Waals surface area (Å²) in [7, 11) is 2.04. The van der Waals surface area contributed by atoms with Gasteiger partial charge in [-0.1, -0.05) is 0 Å². The van der Waals surface area contributed by atoms with Crippen LogP contribution in [0.15, 0.2) is 0 Å². The average Bonchev–Trinajstić information content (AvgIpc) is 2.23. The summed E-state index contributed by atoms with van der Waals surface area (Å²) in [5.74, 6) is 0. The van der Waals surface area contributed by atoms with E-state index < -0.39 is 12.2 Å². The number of fused-ring (bicyclic) bond motifs is 2. The highest BCUT2D eigenvalue weighted by atomic mass is 16.3. The molecular formula is C8H15NO2. The van der Waals surface area contributed by atoms with Crippen LogP contribution in [0.25, 0.3) is 0 Å². The fourth-order valence-electron chi connectivity index (χ4n) is 2.41. The van der Waals surface area contributed by atoms with E-state index in [-0.39, 0.29) is 6.04 Å². The fourth-order valence-corrected chi connectivity index (χ4v) is 2.41. The van der Waals surface area contributed by atoms with E-state index in [1.807, 2.05) is 7.05 Å². The lowest BCUT2D eigenvalue weighted by molar-refractivity contribution is -0.0671. The third kappa shape index (κ3) is 0.991. The van der Waals surface area contributed by atoms with Crippen LogP contribution >= 0.6 is 0 Å². The van der Waals surface area contributed by atoms with Gasteiger partial charge < -0.3 is 10.2 Å². The summed E-state index contributed by atoms with van der Waals surface area (Å²) in [6, 6.07) is 0.724. The molecule has 4 atom stereocenters. The Morgan fingerprint density at radius 3 is 2.73 bits per heavy atom. The lowest BCUT2D eigenvalue weighted by Crippen LogP contribution is -2.52. The highest BCUT2D eigenvalue weighted by molar-refractivity contribution is 4.98. The third-order valence-electron chi connectivity index (χ3n) is 3.20. The zero-order valence-corrected chi connectivity index (χ0v) is 6.77. The summed E-state index contributed by atoms with van der Waals surface area (Å²) in [4.78, 5) is 2.21. The molecule has 2 N–H and O–H groups in total. The molecule has 2 heterocycles. The van der Waals surface area contributed by atoms with Gasteiger partial charge in [0.05, 0.1) is 12.2 Å². The van der Waals surface area contributed by atoms with E-state index in [9.17, 15) is 10.2 Å². The number of likely N-dealkylation sites (N-methyl/N-ethyl adjacent to an activating group) is 1. The Balaban J connectivity index is 2.16. The van der Waals surface area contributed by atoms with Crippen molar-refractivity contribution in [1.29, 1.82) is 0 Å². The zero-order chi connectivity index (χ0) is 8.01. The lowest BCUT2D eigenvalue weighted by atomic mass is 9.98. The minimum absolute atomic E-state index is 0.212. The Morgan fingerprint density at radius 1 is 1.27 bits per heavy atom. The van der Waals surface area contributed by atoms with Crippen LogP contribution in [-0.2, 0) is 0 Å². The summed E-state index contributed by atoms with van der Waals surface area (Å²) in [6.07, 6.45) is 1.92. The molecule has 0 amide bonds. The number of rotatable bonds is 0. The summed E-state index contributed by atoms with van der Waals surface area (Å²) in [5.41, 5.74) is 0. The third-order valence-corrected chi connectivity index (χ3v) is 3.20. The van der Waals surface area contributed by atoms with Gasteiger partial charge in [-0.05, 0) is 26.3 Å². The summed E-state index contributed by atoms with van der Waals surface area (Å²) in [5, 5.41) is 18.9. The van der Waals surface area contributed by atoms with Gasteiger partial charge in [0.15, 0.2) is 0 Å². The second-order valence-corrected chi connectivity index (χ2v) is 3.76. The highest BCUT2D eigenvalue weighted by Crippen LogP contribution is 2.34. The number of piperidine rings is 1. The van der Waals surface area contributed by atoms with E-state index in [0.29, 0.717) is 6.04 Å². The Labute approximate surface area is 66.6 Å². The van der Waals surface area contributed by atoms with E-state index in [1.165, 1.54) is 0 Å². The van der Waals surface area contributed by atoms with Gasteiger partial charge in [-0.15, -0.1) is 0 Å². The maximum atomic E-state index is 9.54. The lowest BCUT2D eigenvalue weighted by Gasteiger charge is -2.37. The van der Waals surface area contributed by atoms with E-state index in [4.69, 9.17) is 0 Å². The van der Waals surface area contributed by atoms with Crippen molar-refractivity contribution in [1.82, 2.24) is 4.90 Å². The zero-order valence-electron chi connectivity index (χ0n) is 6.77. The number of aliphatic hydroxyl groups excluding tert-OH is 2. The van der Waals surface area contributed by atoms with E-state index in [2.05, 4.69) is 4.90 Å². The van der Waals surface area contributed by atoms with E-state index in [0.717, 1.165) is 19.3 Å². The van der Waals surface area contributed by atoms with Crippen LogP contribution in [-0.4, -0.2) is 46.5 Å². The second kappa shape index (κ2) is 2.44.